The normalized spacial score (nSPS) is 10.2. The molecule has 0 bridgehead atoms. The van der Waals surface area contributed by atoms with Crippen LogP contribution >= 0.6 is 0 Å². The summed E-state index contributed by atoms with van der Waals surface area (Å²) in [5.74, 6) is -0.676. The van der Waals surface area contributed by atoms with Crippen molar-refractivity contribution in [1.29, 1.82) is 0 Å². The van der Waals surface area contributed by atoms with Gasteiger partial charge >= 0.3 is 0 Å². The van der Waals surface area contributed by atoms with E-state index in [1.165, 1.54) is 24.3 Å². The molecule has 0 aromatic heterocycles. The highest BCUT2D eigenvalue weighted by atomic mass is 19.1. The number of benzene rings is 2. The zero-order chi connectivity index (χ0) is 13.8. The maximum atomic E-state index is 13.6. The Kier molecular flexibility index (Phi) is 3.80. The fourth-order valence-corrected chi connectivity index (χ4v) is 1.77. The summed E-state index contributed by atoms with van der Waals surface area (Å²) >= 11 is 0. The van der Waals surface area contributed by atoms with Crippen LogP contribution < -0.4 is 5.32 Å². The first-order chi connectivity index (χ1) is 9.04. The predicted molar refractivity (Wildman–Crippen MR) is 71.6 cm³/mol. The first kappa shape index (κ1) is 13.1. The second kappa shape index (κ2) is 5.52. The van der Waals surface area contributed by atoms with Gasteiger partial charge in [-0.25, -0.2) is 4.39 Å². The Morgan fingerprint density at radius 3 is 2.74 bits per heavy atom. The third kappa shape index (κ3) is 3.55. The Bertz CT molecular complexity index is 611. The number of amides is 1. The molecule has 0 heterocycles. The molecular weight excluding hydrogens is 245 g/mol. The van der Waals surface area contributed by atoms with Crippen molar-refractivity contribution in [2.24, 2.45) is 0 Å². The van der Waals surface area contributed by atoms with Gasteiger partial charge in [-0.2, -0.15) is 0 Å². The van der Waals surface area contributed by atoms with Crippen LogP contribution in [-0.4, -0.2) is 11.0 Å². The fraction of sp³-hybridized carbons (Fsp3) is 0.133. The van der Waals surface area contributed by atoms with E-state index in [-0.39, 0.29) is 23.8 Å². The number of anilines is 1. The molecule has 2 rings (SSSR count). The van der Waals surface area contributed by atoms with Gasteiger partial charge in [0.25, 0.3) is 0 Å². The second-order valence-corrected chi connectivity index (χ2v) is 4.38. The lowest BCUT2D eigenvalue weighted by Gasteiger charge is -2.07. The Morgan fingerprint density at radius 1 is 1.26 bits per heavy atom. The third-order valence-electron chi connectivity index (χ3n) is 2.67. The molecule has 2 N–H and O–H groups in total. The van der Waals surface area contributed by atoms with Crippen molar-refractivity contribution in [3.8, 4) is 5.75 Å². The summed E-state index contributed by atoms with van der Waals surface area (Å²) in [6, 6.07) is 11.0. The van der Waals surface area contributed by atoms with E-state index < -0.39 is 5.82 Å². The quantitative estimate of drug-likeness (QED) is 0.890. The van der Waals surface area contributed by atoms with Crippen LogP contribution in [0.15, 0.2) is 42.5 Å². The van der Waals surface area contributed by atoms with Crippen molar-refractivity contribution >= 4 is 11.6 Å². The predicted octanol–water partition coefficient (Wildman–Crippen LogP) is 3.02. The minimum atomic E-state index is -0.454. The van der Waals surface area contributed by atoms with Gasteiger partial charge in [-0.15, -0.1) is 0 Å². The number of hydrogen-bond donors (Lipinski definition) is 2. The van der Waals surface area contributed by atoms with Crippen molar-refractivity contribution in [3.05, 3.63) is 59.4 Å². The number of aryl methyl sites for hydroxylation is 1. The molecule has 0 radical (unpaired) electrons. The lowest BCUT2D eigenvalue weighted by atomic mass is 10.1. The largest absolute Gasteiger partial charge is 0.508 e. The number of phenols is 1. The number of hydrogen-bond acceptors (Lipinski definition) is 2. The first-order valence-corrected chi connectivity index (χ1v) is 5.88. The van der Waals surface area contributed by atoms with E-state index in [4.69, 9.17) is 0 Å². The van der Waals surface area contributed by atoms with Gasteiger partial charge in [0.2, 0.25) is 5.91 Å². The van der Waals surface area contributed by atoms with Gasteiger partial charge in [-0.1, -0.05) is 18.2 Å². The standard InChI is InChI=1S/C15H14FNO2/c1-10-5-6-14(13(16)7-10)17-15(19)9-11-3-2-4-12(18)8-11/h2-8,18H,9H2,1H3,(H,17,19). The van der Waals surface area contributed by atoms with Gasteiger partial charge in [-0.05, 0) is 42.3 Å². The van der Waals surface area contributed by atoms with Gasteiger partial charge in [0.15, 0.2) is 0 Å². The van der Waals surface area contributed by atoms with E-state index in [9.17, 15) is 14.3 Å². The minimum absolute atomic E-state index is 0.0850. The molecule has 0 unspecified atom stereocenters. The molecule has 2 aromatic rings. The van der Waals surface area contributed by atoms with Crippen molar-refractivity contribution in [1.82, 2.24) is 0 Å². The van der Waals surface area contributed by atoms with Gasteiger partial charge in [0.05, 0.1) is 12.1 Å². The van der Waals surface area contributed by atoms with Crippen LogP contribution in [0.3, 0.4) is 0 Å². The molecular formula is C15H14FNO2. The Balaban J connectivity index is 2.05. The molecule has 2 aromatic carbocycles. The summed E-state index contributed by atoms with van der Waals surface area (Å²) in [6.45, 7) is 1.78. The number of carbonyl (C=O) groups is 1. The van der Waals surface area contributed by atoms with Crippen LogP contribution in [0.4, 0.5) is 10.1 Å². The highest BCUT2D eigenvalue weighted by Gasteiger charge is 2.08. The molecule has 0 saturated heterocycles. The number of aromatic hydroxyl groups is 1. The van der Waals surface area contributed by atoms with Gasteiger partial charge in [0, 0.05) is 0 Å². The summed E-state index contributed by atoms with van der Waals surface area (Å²) in [7, 11) is 0. The molecule has 0 spiro atoms. The molecule has 0 saturated carbocycles. The Labute approximate surface area is 110 Å². The number of rotatable bonds is 3. The van der Waals surface area contributed by atoms with Crippen molar-refractivity contribution in [2.75, 3.05) is 5.32 Å². The topological polar surface area (TPSA) is 49.3 Å². The van der Waals surface area contributed by atoms with Crippen molar-refractivity contribution in [2.45, 2.75) is 13.3 Å². The van der Waals surface area contributed by atoms with E-state index in [2.05, 4.69) is 5.32 Å². The van der Waals surface area contributed by atoms with E-state index in [0.29, 0.717) is 5.56 Å². The van der Waals surface area contributed by atoms with E-state index >= 15 is 0 Å². The van der Waals surface area contributed by atoms with Crippen LogP contribution in [0.1, 0.15) is 11.1 Å². The lowest BCUT2D eigenvalue weighted by molar-refractivity contribution is -0.115. The van der Waals surface area contributed by atoms with Crippen LogP contribution in [-0.2, 0) is 11.2 Å². The molecule has 3 nitrogen and oxygen atoms in total. The molecule has 4 heteroatoms. The third-order valence-corrected chi connectivity index (χ3v) is 2.67. The molecule has 19 heavy (non-hydrogen) atoms. The molecule has 0 aliphatic heterocycles. The maximum Gasteiger partial charge on any atom is 0.228 e. The highest BCUT2D eigenvalue weighted by Crippen LogP contribution is 2.16. The lowest BCUT2D eigenvalue weighted by Crippen LogP contribution is -2.15. The van der Waals surface area contributed by atoms with E-state index in [1.54, 1.807) is 25.1 Å². The van der Waals surface area contributed by atoms with Gasteiger partial charge in [-0.3, -0.25) is 4.79 Å². The fourth-order valence-electron chi connectivity index (χ4n) is 1.77. The van der Waals surface area contributed by atoms with Gasteiger partial charge in [0.1, 0.15) is 11.6 Å². The molecule has 98 valence electrons. The Morgan fingerprint density at radius 2 is 2.05 bits per heavy atom. The molecule has 0 aliphatic carbocycles. The van der Waals surface area contributed by atoms with Crippen LogP contribution in [0.5, 0.6) is 5.75 Å². The molecule has 0 fully saturated rings. The molecule has 0 atom stereocenters. The Hall–Kier alpha value is -2.36. The van der Waals surface area contributed by atoms with Gasteiger partial charge < -0.3 is 10.4 Å². The zero-order valence-corrected chi connectivity index (χ0v) is 10.5. The maximum absolute atomic E-state index is 13.6. The summed E-state index contributed by atoms with van der Waals surface area (Å²) in [4.78, 5) is 11.8. The smallest absolute Gasteiger partial charge is 0.228 e. The van der Waals surface area contributed by atoms with Crippen LogP contribution in [0, 0.1) is 12.7 Å². The summed E-state index contributed by atoms with van der Waals surface area (Å²) < 4.78 is 13.6. The number of carbonyl (C=O) groups excluding carboxylic acids is 1. The van der Waals surface area contributed by atoms with Crippen LogP contribution in [0.25, 0.3) is 0 Å². The summed E-state index contributed by atoms with van der Waals surface area (Å²) in [6.07, 6.45) is 0.0850. The summed E-state index contributed by atoms with van der Waals surface area (Å²) in [5, 5.41) is 11.8. The van der Waals surface area contributed by atoms with E-state index in [0.717, 1.165) is 5.56 Å². The SMILES string of the molecule is Cc1ccc(NC(=O)Cc2cccc(O)c2)c(F)c1. The number of nitrogens with one attached hydrogen (secondary N) is 1. The van der Waals surface area contributed by atoms with Crippen molar-refractivity contribution in [3.63, 3.8) is 0 Å². The average molecular weight is 259 g/mol. The number of phenolic OH excluding ortho intramolecular Hbond substituents is 1. The molecule has 0 aliphatic rings. The van der Waals surface area contributed by atoms with Crippen LogP contribution in [0.2, 0.25) is 0 Å². The van der Waals surface area contributed by atoms with Crippen molar-refractivity contribution < 1.29 is 14.3 Å². The zero-order valence-electron chi connectivity index (χ0n) is 10.5. The monoisotopic (exact) mass is 259 g/mol. The number of halogens is 1. The second-order valence-electron chi connectivity index (χ2n) is 4.38. The summed E-state index contributed by atoms with van der Waals surface area (Å²) in [5.41, 5.74) is 1.63. The molecule has 1 amide bonds. The highest BCUT2D eigenvalue weighted by molar-refractivity contribution is 5.92. The first-order valence-electron chi connectivity index (χ1n) is 5.88. The minimum Gasteiger partial charge on any atom is -0.508 e. The van der Waals surface area contributed by atoms with E-state index in [1.807, 2.05) is 0 Å². The average Bonchev–Trinajstić information content (AvgIpc) is 2.33.